The quantitative estimate of drug-likeness (QED) is 0.316. The van der Waals surface area contributed by atoms with Crippen LogP contribution in [0.25, 0.3) is 6.08 Å². The van der Waals surface area contributed by atoms with Gasteiger partial charge in [-0.15, -0.1) is 0 Å². The molecule has 0 aliphatic carbocycles. The third kappa shape index (κ3) is 3.91. The number of rotatable bonds is 5. The van der Waals surface area contributed by atoms with Gasteiger partial charge in [-0.25, -0.2) is 4.79 Å². The average molecular weight is 432 g/mol. The monoisotopic (exact) mass is 432 g/mol. The molecule has 148 valence electrons. The largest absolute Gasteiger partial charge is 0.500 e. The van der Waals surface area contributed by atoms with Crippen LogP contribution >= 0.6 is 24.0 Å². The van der Waals surface area contributed by atoms with Gasteiger partial charge in [0.2, 0.25) is 5.75 Å². The van der Waals surface area contributed by atoms with Crippen molar-refractivity contribution in [3.8, 4) is 11.5 Å². The van der Waals surface area contributed by atoms with Gasteiger partial charge in [0.25, 0.3) is 5.91 Å². The van der Waals surface area contributed by atoms with Gasteiger partial charge in [-0.1, -0.05) is 30.0 Å². The number of phenolic OH excluding ortho intramolecular Hbond substituents is 1. The Morgan fingerprint density at radius 2 is 2.07 bits per heavy atom. The number of carbonyl (C=O) groups excluding carboxylic acids is 1. The normalized spacial score (nSPS) is 15.1. The van der Waals surface area contributed by atoms with Gasteiger partial charge in [0.1, 0.15) is 0 Å². The molecule has 1 saturated heterocycles. The van der Waals surface area contributed by atoms with E-state index in [9.17, 15) is 24.8 Å². The number of hydrogen-bond donors (Lipinski definition) is 2. The van der Waals surface area contributed by atoms with Crippen LogP contribution in [0.2, 0.25) is 0 Å². The summed E-state index contributed by atoms with van der Waals surface area (Å²) >= 11 is 6.21. The minimum absolute atomic E-state index is 0.000532. The van der Waals surface area contributed by atoms with Crippen LogP contribution in [-0.2, 0) is 4.79 Å². The molecule has 1 aliphatic heterocycles. The number of thioether (sulfide) groups is 1. The van der Waals surface area contributed by atoms with Crippen LogP contribution in [0.1, 0.15) is 15.9 Å². The van der Waals surface area contributed by atoms with E-state index in [1.807, 2.05) is 0 Å². The maximum Gasteiger partial charge on any atom is 0.335 e. The second-order valence-electron chi connectivity index (χ2n) is 5.72. The summed E-state index contributed by atoms with van der Waals surface area (Å²) in [5.74, 6) is -2.38. The maximum atomic E-state index is 12.8. The second kappa shape index (κ2) is 7.89. The maximum absolute atomic E-state index is 12.8. The Morgan fingerprint density at radius 1 is 1.34 bits per heavy atom. The lowest BCUT2D eigenvalue weighted by Crippen LogP contribution is -2.27. The third-order valence-corrected chi connectivity index (χ3v) is 5.24. The van der Waals surface area contributed by atoms with Crippen molar-refractivity contribution in [3.05, 3.63) is 62.5 Å². The average Bonchev–Trinajstić information content (AvgIpc) is 2.95. The van der Waals surface area contributed by atoms with Crippen molar-refractivity contribution in [1.82, 2.24) is 0 Å². The van der Waals surface area contributed by atoms with Crippen molar-refractivity contribution in [2.45, 2.75) is 0 Å². The molecule has 0 bridgehead atoms. The van der Waals surface area contributed by atoms with E-state index in [0.717, 1.165) is 17.8 Å². The first kappa shape index (κ1) is 20.3. The molecule has 2 aromatic rings. The van der Waals surface area contributed by atoms with Crippen LogP contribution in [0.15, 0.2) is 41.3 Å². The lowest BCUT2D eigenvalue weighted by Gasteiger charge is -2.14. The molecule has 29 heavy (non-hydrogen) atoms. The number of carbonyl (C=O) groups is 2. The van der Waals surface area contributed by atoms with E-state index in [0.29, 0.717) is 5.69 Å². The number of nitrogens with zero attached hydrogens (tertiary/aromatic N) is 2. The fraction of sp³-hybridized carbons (Fsp3) is 0.0556. The number of phenols is 1. The zero-order chi connectivity index (χ0) is 21.3. The second-order valence-corrected chi connectivity index (χ2v) is 7.40. The van der Waals surface area contributed by atoms with Gasteiger partial charge in [0.05, 0.1) is 28.2 Å². The van der Waals surface area contributed by atoms with Gasteiger partial charge < -0.3 is 14.9 Å². The van der Waals surface area contributed by atoms with Crippen molar-refractivity contribution < 1.29 is 29.5 Å². The van der Waals surface area contributed by atoms with E-state index >= 15 is 0 Å². The molecule has 1 aliphatic rings. The van der Waals surface area contributed by atoms with Crippen LogP contribution in [-0.4, -0.2) is 38.4 Å². The number of aromatic hydroxyl groups is 1. The molecule has 0 unspecified atom stereocenters. The van der Waals surface area contributed by atoms with Gasteiger partial charge in [-0.05, 0) is 35.9 Å². The Bertz CT molecular complexity index is 1100. The van der Waals surface area contributed by atoms with Gasteiger partial charge in [0.15, 0.2) is 10.1 Å². The highest BCUT2D eigenvalue weighted by Crippen LogP contribution is 2.40. The Hall–Kier alpha value is -3.44. The highest BCUT2D eigenvalue weighted by Gasteiger charge is 2.34. The fourth-order valence-electron chi connectivity index (χ4n) is 2.61. The number of anilines is 1. The molecule has 0 aromatic heterocycles. The van der Waals surface area contributed by atoms with Crippen LogP contribution in [0, 0.1) is 10.1 Å². The highest BCUT2D eigenvalue weighted by atomic mass is 32.2. The number of aromatic carboxylic acids is 1. The number of nitro groups is 1. The number of carboxylic acids is 1. The molecule has 3 rings (SSSR count). The highest BCUT2D eigenvalue weighted by molar-refractivity contribution is 8.27. The predicted octanol–water partition coefficient (Wildman–Crippen LogP) is 3.41. The minimum Gasteiger partial charge on any atom is -0.500 e. The lowest BCUT2D eigenvalue weighted by molar-refractivity contribution is -0.386. The van der Waals surface area contributed by atoms with E-state index in [4.69, 9.17) is 22.1 Å². The minimum atomic E-state index is -1.14. The number of hydrogen-bond acceptors (Lipinski definition) is 8. The van der Waals surface area contributed by atoms with Crippen molar-refractivity contribution in [3.63, 3.8) is 0 Å². The number of methoxy groups -OCH3 is 1. The summed E-state index contributed by atoms with van der Waals surface area (Å²) in [4.78, 5) is 35.7. The smallest absolute Gasteiger partial charge is 0.335 e. The molecular weight excluding hydrogens is 420 g/mol. The summed E-state index contributed by atoms with van der Waals surface area (Å²) < 4.78 is 5.13. The number of carboxylic acid groups (broad SMARTS) is 1. The number of amides is 1. The summed E-state index contributed by atoms with van der Waals surface area (Å²) in [6, 6.07) is 8.21. The molecule has 2 aromatic carbocycles. The van der Waals surface area contributed by atoms with Gasteiger partial charge >= 0.3 is 11.7 Å². The lowest BCUT2D eigenvalue weighted by atomic mass is 10.1. The molecule has 0 atom stereocenters. The molecule has 1 fully saturated rings. The van der Waals surface area contributed by atoms with Crippen LogP contribution in [0.3, 0.4) is 0 Å². The summed E-state index contributed by atoms with van der Waals surface area (Å²) in [6.45, 7) is 0. The first-order valence-electron chi connectivity index (χ1n) is 7.89. The van der Waals surface area contributed by atoms with Crippen molar-refractivity contribution in [2.24, 2.45) is 0 Å². The fourth-order valence-corrected chi connectivity index (χ4v) is 3.91. The Labute approximate surface area is 173 Å². The Kier molecular flexibility index (Phi) is 5.52. The van der Waals surface area contributed by atoms with E-state index in [2.05, 4.69) is 0 Å². The summed E-state index contributed by atoms with van der Waals surface area (Å²) in [6.07, 6.45) is 1.38. The number of benzene rings is 2. The van der Waals surface area contributed by atoms with E-state index < -0.39 is 28.2 Å². The SMILES string of the molecule is COc1cc(/C=C2\SC(=S)N(c3cccc(C(=O)O)c3)C2=O)cc([N+](=O)[O-])c1O. The number of ether oxygens (including phenoxy) is 1. The summed E-state index contributed by atoms with van der Waals surface area (Å²) in [5, 5.41) is 30.1. The molecule has 2 N–H and O–H groups in total. The molecule has 11 heteroatoms. The summed E-state index contributed by atoms with van der Waals surface area (Å²) in [5.41, 5.74) is -0.0177. The standard InChI is InChI=1S/C18H12N2O7S2/c1-27-13-6-9(5-12(15(13)21)20(25)26)7-14-16(22)19(18(28)29-14)11-4-2-3-10(8-11)17(23)24/h2-8,21H,1H3,(H,23,24)/b14-7-. The van der Waals surface area contributed by atoms with E-state index in [1.165, 1.54) is 42.4 Å². The first-order valence-corrected chi connectivity index (χ1v) is 9.12. The van der Waals surface area contributed by atoms with Crippen molar-refractivity contribution in [1.29, 1.82) is 0 Å². The molecule has 1 amide bonds. The van der Waals surface area contributed by atoms with E-state index in [1.54, 1.807) is 6.07 Å². The van der Waals surface area contributed by atoms with Crippen molar-refractivity contribution in [2.75, 3.05) is 12.0 Å². The number of thiocarbonyl (C=S) groups is 1. The number of nitro benzene ring substituents is 1. The van der Waals surface area contributed by atoms with Gasteiger partial charge in [-0.2, -0.15) is 0 Å². The molecule has 1 heterocycles. The first-order chi connectivity index (χ1) is 13.7. The third-order valence-electron chi connectivity index (χ3n) is 3.94. The van der Waals surface area contributed by atoms with Crippen LogP contribution in [0.5, 0.6) is 11.5 Å². The van der Waals surface area contributed by atoms with Gasteiger partial charge in [0, 0.05) is 6.07 Å². The predicted molar refractivity (Wildman–Crippen MR) is 110 cm³/mol. The van der Waals surface area contributed by atoms with Crippen LogP contribution in [0.4, 0.5) is 11.4 Å². The molecule has 0 saturated carbocycles. The van der Waals surface area contributed by atoms with Gasteiger partial charge in [-0.3, -0.25) is 19.8 Å². The zero-order valence-electron chi connectivity index (χ0n) is 14.7. The zero-order valence-corrected chi connectivity index (χ0v) is 16.3. The molecule has 0 spiro atoms. The summed E-state index contributed by atoms with van der Waals surface area (Å²) in [7, 11) is 1.25. The molecule has 0 radical (unpaired) electrons. The molecule has 9 nitrogen and oxygen atoms in total. The van der Waals surface area contributed by atoms with Crippen molar-refractivity contribution >= 4 is 57.6 Å². The Morgan fingerprint density at radius 3 is 2.69 bits per heavy atom. The van der Waals surface area contributed by atoms with E-state index in [-0.39, 0.29) is 26.1 Å². The Balaban J connectivity index is 2.01. The topological polar surface area (TPSA) is 130 Å². The molecular formula is C18H12N2O7S2. The van der Waals surface area contributed by atoms with Crippen LogP contribution < -0.4 is 9.64 Å².